The van der Waals surface area contributed by atoms with Gasteiger partial charge in [-0.15, -0.1) is 12.4 Å². The second-order valence-corrected chi connectivity index (χ2v) is 7.90. The molecule has 0 spiro atoms. The fraction of sp³-hybridized carbons (Fsp3) is 0.316. The maximum absolute atomic E-state index is 12.1. The summed E-state index contributed by atoms with van der Waals surface area (Å²) in [6.07, 6.45) is 0.149. The van der Waals surface area contributed by atoms with Gasteiger partial charge in [0, 0.05) is 18.8 Å². The molecule has 0 aliphatic carbocycles. The number of carbonyl (C=O) groups excluding carboxylic acids is 1. The first kappa shape index (κ1) is 23.9. The lowest BCUT2D eigenvalue weighted by Gasteiger charge is -2.11. The molecule has 0 atom stereocenters. The molecule has 2 aromatic carbocycles. The topological polar surface area (TPSA) is 111 Å². The molecule has 0 aromatic heterocycles. The Bertz CT molecular complexity index is 904. The number of carbonyl (C=O) groups is 1. The molecular formula is C19H26ClN3O4S. The summed E-state index contributed by atoms with van der Waals surface area (Å²) < 4.78 is 32.3. The number of amides is 1. The van der Waals surface area contributed by atoms with Gasteiger partial charge in [-0.25, -0.2) is 13.1 Å². The summed E-state index contributed by atoms with van der Waals surface area (Å²) in [7, 11) is -3.65. The lowest BCUT2D eigenvalue weighted by molar-refractivity contribution is -0.116. The minimum Gasteiger partial charge on any atom is -0.493 e. The third kappa shape index (κ3) is 7.12. The molecule has 4 N–H and O–H groups in total. The molecule has 2 aromatic rings. The lowest BCUT2D eigenvalue weighted by atomic mass is 10.1. The zero-order chi connectivity index (χ0) is 19.9. The number of hydrogen-bond donors (Lipinski definition) is 3. The van der Waals surface area contributed by atoms with Crippen LogP contribution >= 0.6 is 12.4 Å². The van der Waals surface area contributed by atoms with E-state index in [9.17, 15) is 13.2 Å². The standard InChI is InChI=1S/C19H25N3O4S.ClH/c1-14-6-7-15(2)18(12-14)26-11-8-19(23)22-16-4-3-5-17(13-16)27(24,25)21-10-9-20;/h3-7,12-13,21H,8-11,20H2,1-2H3,(H,22,23);1H. The van der Waals surface area contributed by atoms with Crippen LogP contribution < -0.4 is 20.5 Å². The molecular weight excluding hydrogens is 402 g/mol. The summed E-state index contributed by atoms with van der Waals surface area (Å²) in [4.78, 5) is 12.2. The lowest BCUT2D eigenvalue weighted by Crippen LogP contribution is -2.29. The monoisotopic (exact) mass is 427 g/mol. The molecule has 28 heavy (non-hydrogen) atoms. The van der Waals surface area contributed by atoms with E-state index in [1.54, 1.807) is 12.1 Å². The summed E-state index contributed by atoms with van der Waals surface area (Å²) in [5.41, 5.74) is 7.81. The van der Waals surface area contributed by atoms with E-state index < -0.39 is 10.0 Å². The zero-order valence-corrected chi connectivity index (χ0v) is 17.5. The van der Waals surface area contributed by atoms with E-state index in [2.05, 4.69) is 10.0 Å². The van der Waals surface area contributed by atoms with E-state index in [0.29, 0.717) is 5.69 Å². The third-order valence-corrected chi connectivity index (χ3v) is 5.25. The van der Waals surface area contributed by atoms with Gasteiger partial charge in [-0.1, -0.05) is 18.2 Å². The van der Waals surface area contributed by atoms with Crippen LogP contribution in [-0.2, 0) is 14.8 Å². The van der Waals surface area contributed by atoms with Gasteiger partial charge < -0.3 is 15.8 Å². The average Bonchev–Trinajstić information content (AvgIpc) is 2.63. The largest absolute Gasteiger partial charge is 0.493 e. The number of sulfonamides is 1. The van der Waals surface area contributed by atoms with Crippen LogP contribution in [0.15, 0.2) is 47.4 Å². The Morgan fingerprint density at radius 2 is 1.89 bits per heavy atom. The first-order valence-electron chi connectivity index (χ1n) is 8.61. The summed E-state index contributed by atoms with van der Waals surface area (Å²) in [6, 6.07) is 12.0. The number of nitrogens with one attached hydrogen (secondary N) is 2. The molecule has 0 saturated heterocycles. The smallest absolute Gasteiger partial charge is 0.240 e. The van der Waals surface area contributed by atoms with Crippen molar-refractivity contribution in [1.82, 2.24) is 4.72 Å². The minimum atomic E-state index is -3.65. The second-order valence-electron chi connectivity index (χ2n) is 6.13. The molecule has 7 nitrogen and oxygen atoms in total. The van der Waals surface area contributed by atoms with Gasteiger partial charge in [0.25, 0.3) is 0 Å². The number of hydrogen-bond acceptors (Lipinski definition) is 5. The van der Waals surface area contributed by atoms with Crippen molar-refractivity contribution < 1.29 is 17.9 Å². The maximum atomic E-state index is 12.1. The van der Waals surface area contributed by atoms with Gasteiger partial charge in [-0.3, -0.25) is 4.79 Å². The van der Waals surface area contributed by atoms with Crippen molar-refractivity contribution in [2.45, 2.75) is 25.2 Å². The average molecular weight is 428 g/mol. The van der Waals surface area contributed by atoms with Crippen molar-refractivity contribution in [3.63, 3.8) is 0 Å². The fourth-order valence-corrected chi connectivity index (χ4v) is 3.45. The van der Waals surface area contributed by atoms with Crippen molar-refractivity contribution >= 4 is 34.0 Å². The van der Waals surface area contributed by atoms with Crippen LogP contribution in [-0.4, -0.2) is 34.0 Å². The van der Waals surface area contributed by atoms with Crippen LogP contribution in [0.2, 0.25) is 0 Å². The van der Waals surface area contributed by atoms with Crippen LogP contribution in [0.4, 0.5) is 5.69 Å². The Morgan fingerprint density at radius 1 is 1.14 bits per heavy atom. The number of nitrogens with two attached hydrogens (primary N) is 1. The van der Waals surface area contributed by atoms with Gasteiger partial charge in [0.1, 0.15) is 5.75 Å². The number of halogens is 1. The van der Waals surface area contributed by atoms with Crippen molar-refractivity contribution in [2.24, 2.45) is 5.73 Å². The van der Waals surface area contributed by atoms with Crippen LogP contribution in [0, 0.1) is 13.8 Å². The van der Waals surface area contributed by atoms with Crippen molar-refractivity contribution in [1.29, 1.82) is 0 Å². The number of ether oxygens (including phenoxy) is 1. The minimum absolute atomic E-state index is 0. The molecule has 1 amide bonds. The zero-order valence-electron chi connectivity index (χ0n) is 15.9. The van der Waals surface area contributed by atoms with Crippen LogP contribution in [0.3, 0.4) is 0 Å². The van der Waals surface area contributed by atoms with Gasteiger partial charge >= 0.3 is 0 Å². The number of aryl methyl sites for hydroxylation is 2. The Balaban J connectivity index is 0.00000392. The predicted octanol–water partition coefficient (Wildman–Crippen LogP) is 2.37. The van der Waals surface area contributed by atoms with E-state index in [0.717, 1.165) is 16.9 Å². The summed E-state index contributed by atoms with van der Waals surface area (Å²) >= 11 is 0. The third-order valence-electron chi connectivity index (χ3n) is 3.79. The van der Waals surface area contributed by atoms with Gasteiger partial charge in [0.05, 0.1) is 17.9 Å². The Labute approximate surface area is 172 Å². The molecule has 0 aliphatic rings. The predicted molar refractivity (Wildman–Crippen MR) is 113 cm³/mol. The highest BCUT2D eigenvalue weighted by Gasteiger charge is 2.14. The van der Waals surface area contributed by atoms with Crippen molar-refractivity contribution in [3.8, 4) is 5.75 Å². The van der Waals surface area contributed by atoms with Gasteiger partial charge in [0.15, 0.2) is 0 Å². The molecule has 0 radical (unpaired) electrons. The van der Waals surface area contributed by atoms with E-state index in [1.165, 1.54) is 12.1 Å². The Hall–Kier alpha value is -2.13. The normalized spacial score (nSPS) is 10.8. The first-order valence-corrected chi connectivity index (χ1v) is 10.1. The second kappa shape index (κ2) is 11.0. The molecule has 0 unspecified atom stereocenters. The number of anilines is 1. The van der Waals surface area contributed by atoms with Crippen molar-refractivity contribution in [2.75, 3.05) is 25.0 Å². The fourth-order valence-electron chi connectivity index (χ4n) is 2.36. The number of rotatable bonds is 9. The molecule has 154 valence electrons. The van der Waals surface area contributed by atoms with Crippen molar-refractivity contribution in [3.05, 3.63) is 53.6 Å². The number of benzene rings is 2. The van der Waals surface area contributed by atoms with E-state index in [-0.39, 0.29) is 49.3 Å². The molecule has 2 rings (SSSR count). The quantitative estimate of drug-likeness (QED) is 0.569. The highest BCUT2D eigenvalue weighted by atomic mass is 35.5. The molecule has 9 heteroatoms. The molecule has 0 fully saturated rings. The Kier molecular flexibility index (Phi) is 9.40. The Morgan fingerprint density at radius 3 is 2.61 bits per heavy atom. The van der Waals surface area contributed by atoms with Gasteiger partial charge in [0.2, 0.25) is 15.9 Å². The van der Waals surface area contributed by atoms with Crippen LogP contribution in [0.25, 0.3) is 0 Å². The van der Waals surface area contributed by atoms with Crippen LogP contribution in [0.5, 0.6) is 5.75 Å². The highest BCUT2D eigenvalue weighted by molar-refractivity contribution is 7.89. The van der Waals surface area contributed by atoms with Gasteiger partial charge in [-0.05, 0) is 49.2 Å². The summed E-state index contributed by atoms with van der Waals surface area (Å²) in [5, 5.41) is 2.69. The SMILES string of the molecule is Cc1ccc(C)c(OCCC(=O)Nc2cccc(S(=O)(=O)NCCN)c2)c1.Cl. The van der Waals surface area contributed by atoms with E-state index in [4.69, 9.17) is 10.5 Å². The first-order chi connectivity index (χ1) is 12.8. The van der Waals surface area contributed by atoms with Crippen LogP contribution in [0.1, 0.15) is 17.5 Å². The van der Waals surface area contributed by atoms with E-state index in [1.807, 2.05) is 32.0 Å². The highest BCUT2D eigenvalue weighted by Crippen LogP contribution is 2.19. The maximum Gasteiger partial charge on any atom is 0.240 e. The molecule has 0 bridgehead atoms. The molecule has 0 saturated carbocycles. The van der Waals surface area contributed by atoms with E-state index >= 15 is 0 Å². The molecule has 0 aliphatic heterocycles. The van der Waals surface area contributed by atoms with Gasteiger partial charge in [-0.2, -0.15) is 0 Å². The summed E-state index contributed by atoms with van der Waals surface area (Å²) in [6.45, 7) is 4.50. The molecule has 0 heterocycles. The summed E-state index contributed by atoms with van der Waals surface area (Å²) in [5.74, 6) is 0.492.